The lowest BCUT2D eigenvalue weighted by Gasteiger charge is -2.38. The molecule has 0 N–H and O–H groups in total. The van der Waals surface area contributed by atoms with E-state index < -0.39 is 21.6 Å². The molecule has 18 rings (SSSR count). The van der Waals surface area contributed by atoms with Gasteiger partial charge in [0, 0.05) is 32.9 Å². The third-order valence-electron chi connectivity index (χ3n) is 21.3. The molecule has 2 nitrogen and oxygen atoms in total. The smallest absolute Gasteiger partial charge is 0.179 e. The number of hydrogen-bond acceptors (Lipinski definition) is 0. The van der Waals surface area contributed by atoms with Crippen molar-refractivity contribution in [1.82, 2.24) is 9.13 Å². The number of aromatic nitrogens is 2. The first-order valence-corrected chi connectivity index (χ1v) is 39.0. The van der Waals surface area contributed by atoms with E-state index in [1.807, 2.05) is 0 Å². The fourth-order valence-electron chi connectivity index (χ4n) is 17.0. The summed E-state index contributed by atoms with van der Waals surface area (Å²) in [5.41, 5.74) is 15.6. The summed E-state index contributed by atoms with van der Waals surface area (Å²) in [6.07, 6.45) is 0. The molecule has 0 radical (unpaired) electrons. The Bertz CT molecular complexity index is 5530. The maximum Gasteiger partial charge on any atom is 0.179 e. The fourth-order valence-corrected chi connectivity index (χ4v) is 26.8. The van der Waals surface area contributed by atoms with Crippen LogP contribution in [0.2, 0.25) is 0 Å². The van der Waals surface area contributed by atoms with Gasteiger partial charge in [-0.25, -0.2) is 0 Å². The fraction of sp³-hybridized carbons (Fsp3) is 0.0103. The molecule has 0 spiro atoms. The quantitative estimate of drug-likeness (QED) is 0.0674. The van der Waals surface area contributed by atoms with Crippen molar-refractivity contribution in [3.05, 3.63) is 447 Å². The van der Waals surface area contributed by atoms with E-state index in [1.54, 1.807) is 0 Å². The Morgan fingerprint density at radius 3 is 0.802 bits per heavy atom. The van der Waals surface area contributed by atoms with Gasteiger partial charge in [-0.1, -0.05) is 358 Å². The average molecular weight is 1320 g/mol. The minimum atomic E-state index is -3.17. The molecule has 0 aliphatic carbocycles. The van der Waals surface area contributed by atoms with E-state index in [0.29, 0.717) is 0 Å². The first kappa shape index (κ1) is 60.9. The molecule has 0 unspecified atom stereocenters. The standard InChI is InChI=1S/C97H70N2Si2/c1-11-35-71(36-12-1)74-63-78(97(75-37-13-2-14-38-75,76-39-15-3-16-40-76)77-41-17-4-18-42-77)67-79(64-74)98-93-57-33-31-55-89(93)91-65-72(59-61-95(91)98)73-60-62-96-92(66-73)90-56-32-34-58-94(90)99(96)80-68-87(100(81-43-19-5-20-44-81,82-45-21-6-22-46-82)83-47-23-7-24-48-83)70-88(69-80)101(84-49-25-8-26-50-84,85-51-27-9-28-52-85)86-53-29-10-30-54-86/h1-70H. The minimum Gasteiger partial charge on any atom is -0.309 e. The summed E-state index contributed by atoms with van der Waals surface area (Å²) >= 11 is 0. The molecule has 101 heavy (non-hydrogen) atoms. The summed E-state index contributed by atoms with van der Waals surface area (Å²) in [7, 11) is -6.35. The van der Waals surface area contributed by atoms with Gasteiger partial charge in [0.25, 0.3) is 0 Å². The van der Waals surface area contributed by atoms with Gasteiger partial charge in [-0.2, -0.15) is 0 Å². The summed E-state index contributed by atoms with van der Waals surface area (Å²) in [5.74, 6) is 0. The number of para-hydroxylation sites is 2. The number of fused-ring (bicyclic) bond motifs is 6. The van der Waals surface area contributed by atoms with Crippen LogP contribution in [0.4, 0.5) is 0 Å². The Morgan fingerprint density at radius 2 is 0.455 bits per heavy atom. The second-order valence-electron chi connectivity index (χ2n) is 26.6. The van der Waals surface area contributed by atoms with Crippen molar-refractivity contribution >= 4 is 101 Å². The third-order valence-corrected chi connectivity index (χ3v) is 30.8. The highest BCUT2D eigenvalue weighted by atomic mass is 28.3. The van der Waals surface area contributed by atoms with Gasteiger partial charge < -0.3 is 9.13 Å². The van der Waals surface area contributed by atoms with Gasteiger partial charge >= 0.3 is 0 Å². The zero-order valence-corrected chi connectivity index (χ0v) is 57.8. The largest absolute Gasteiger partial charge is 0.309 e. The Labute approximate surface area is 592 Å². The van der Waals surface area contributed by atoms with Gasteiger partial charge in [0.05, 0.1) is 27.5 Å². The molecule has 16 aromatic carbocycles. The van der Waals surface area contributed by atoms with Crippen molar-refractivity contribution in [1.29, 1.82) is 0 Å². The maximum absolute atomic E-state index is 3.17. The van der Waals surface area contributed by atoms with E-state index in [1.165, 1.54) is 85.3 Å². The number of rotatable bonds is 16. The third kappa shape index (κ3) is 10.1. The van der Waals surface area contributed by atoms with Gasteiger partial charge in [-0.05, 0) is 153 Å². The molecule has 4 heteroatoms. The molecule has 0 bridgehead atoms. The van der Waals surface area contributed by atoms with Gasteiger partial charge in [-0.3, -0.25) is 0 Å². The molecule has 0 saturated heterocycles. The van der Waals surface area contributed by atoms with Crippen LogP contribution >= 0.6 is 0 Å². The Kier molecular flexibility index (Phi) is 15.5. The minimum absolute atomic E-state index is 0.667. The van der Waals surface area contributed by atoms with Crippen LogP contribution in [0.5, 0.6) is 0 Å². The van der Waals surface area contributed by atoms with E-state index in [2.05, 4.69) is 434 Å². The van der Waals surface area contributed by atoms with Crippen LogP contribution in [0, 0.1) is 0 Å². The first-order chi connectivity index (χ1) is 50.1. The van der Waals surface area contributed by atoms with Crippen molar-refractivity contribution in [2.24, 2.45) is 0 Å². The monoisotopic (exact) mass is 1320 g/mol. The molecule has 0 atom stereocenters. The van der Waals surface area contributed by atoms with Crippen LogP contribution in [0.15, 0.2) is 425 Å². The summed E-state index contributed by atoms with van der Waals surface area (Å²) < 4.78 is 5.09. The van der Waals surface area contributed by atoms with E-state index in [0.717, 1.165) is 55.7 Å². The molecule has 18 aromatic rings. The zero-order valence-electron chi connectivity index (χ0n) is 55.8. The van der Waals surface area contributed by atoms with Gasteiger partial charge in [0.2, 0.25) is 0 Å². The zero-order chi connectivity index (χ0) is 67.2. The Hall–Kier alpha value is -12.4. The van der Waals surface area contributed by atoms with Crippen LogP contribution in [-0.2, 0) is 5.41 Å². The highest BCUT2D eigenvalue weighted by Gasteiger charge is 2.47. The normalized spacial score (nSPS) is 12.0. The highest BCUT2D eigenvalue weighted by molar-refractivity contribution is 7.22. The number of benzene rings is 16. The number of hydrogen-bond donors (Lipinski definition) is 0. The van der Waals surface area contributed by atoms with Crippen molar-refractivity contribution in [2.75, 3.05) is 0 Å². The van der Waals surface area contributed by atoms with Gasteiger partial charge in [0.1, 0.15) is 0 Å². The average Bonchev–Trinajstić information content (AvgIpc) is 0.886. The van der Waals surface area contributed by atoms with Crippen LogP contribution in [0.3, 0.4) is 0 Å². The van der Waals surface area contributed by atoms with E-state index in [4.69, 9.17) is 0 Å². The van der Waals surface area contributed by atoms with Crippen LogP contribution in [-0.4, -0.2) is 25.3 Å². The Balaban J connectivity index is 0.867. The van der Waals surface area contributed by atoms with Gasteiger partial charge in [-0.15, -0.1) is 0 Å². The van der Waals surface area contributed by atoms with E-state index in [-0.39, 0.29) is 0 Å². The van der Waals surface area contributed by atoms with E-state index >= 15 is 0 Å². The second-order valence-corrected chi connectivity index (χ2v) is 34.2. The lowest BCUT2D eigenvalue weighted by molar-refractivity contribution is 0.744. The molecule has 0 aliphatic rings. The highest BCUT2D eigenvalue weighted by Crippen LogP contribution is 2.48. The lowest BCUT2D eigenvalue weighted by Crippen LogP contribution is -2.78. The molecule has 2 heterocycles. The van der Waals surface area contributed by atoms with Gasteiger partial charge in [0.15, 0.2) is 16.1 Å². The lowest BCUT2D eigenvalue weighted by atomic mass is 9.64. The molecular weight excluding hydrogens is 1250 g/mol. The molecular formula is C97H70N2Si2. The first-order valence-electron chi connectivity index (χ1n) is 35.0. The van der Waals surface area contributed by atoms with Crippen molar-refractivity contribution < 1.29 is 0 Å². The summed E-state index contributed by atoms with van der Waals surface area (Å²) in [6.45, 7) is 0. The predicted octanol–water partition coefficient (Wildman–Crippen LogP) is 18.4. The SMILES string of the molecule is c1ccc(-c2cc(-n3c4ccccc4c4cc(-c5ccc6c(c5)c5ccccc5n6-c5cc([Si](c6ccccc6)(c6ccccc6)c6ccccc6)cc([Si](c6ccccc6)(c6ccccc6)c6ccccc6)c5)ccc43)cc(C(c3ccccc3)(c3ccccc3)c3ccccc3)c2)cc1. The van der Waals surface area contributed by atoms with Crippen LogP contribution < -0.4 is 41.5 Å². The van der Waals surface area contributed by atoms with Crippen molar-refractivity contribution in [3.63, 3.8) is 0 Å². The molecule has 476 valence electrons. The van der Waals surface area contributed by atoms with Crippen molar-refractivity contribution in [3.8, 4) is 33.6 Å². The number of nitrogens with zero attached hydrogens (tertiary/aromatic N) is 2. The predicted molar refractivity (Wildman–Crippen MR) is 432 cm³/mol. The maximum atomic E-state index is 2.66. The van der Waals surface area contributed by atoms with Crippen LogP contribution in [0.25, 0.3) is 77.2 Å². The van der Waals surface area contributed by atoms with E-state index in [9.17, 15) is 0 Å². The topological polar surface area (TPSA) is 9.86 Å². The summed E-state index contributed by atoms with van der Waals surface area (Å²) in [4.78, 5) is 0. The summed E-state index contributed by atoms with van der Waals surface area (Å²) in [5, 5.41) is 15.5. The molecule has 0 saturated carbocycles. The molecule has 0 fully saturated rings. The molecule has 2 aromatic heterocycles. The Morgan fingerprint density at radius 1 is 0.168 bits per heavy atom. The summed E-state index contributed by atoms with van der Waals surface area (Å²) in [6, 6.07) is 160. The van der Waals surface area contributed by atoms with Crippen molar-refractivity contribution in [2.45, 2.75) is 5.41 Å². The molecule has 0 aliphatic heterocycles. The van der Waals surface area contributed by atoms with Crippen LogP contribution in [0.1, 0.15) is 22.3 Å². The second kappa shape index (κ2) is 25.8. The molecule has 0 amide bonds.